The summed E-state index contributed by atoms with van der Waals surface area (Å²) in [6.07, 6.45) is 5.67. The summed E-state index contributed by atoms with van der Waals surface area (Å²) in [6, 6.07) is 0. The summed E-state index contributed by atoms with van der Waals surface area (Å²) in [6.45, 7) is 1.12. The molecule has 1 heterocycles. The van der Waals surface area contributed by atoms with Gasteiger partial charge in [0.25, 0.3) is 0 Å². The Morgan fingerprint density at radius 2 is 2.50 bits per heavy atom. The van der Waals surface area contributed by atoms with Crippen LogP contribution in [0.3, 0.4) is 0 Å². The van der Waals surface area contributed by atoms with E-state index in [1.165, 1.54) is 19.0 Å². The quantitative estimate of drug-likeness (QED) is 0.683. The highest BCUT2D eigenvalue weighted by molar-refractivity contribution is 5.61. The summed E-state index contributed by atoms with van der Waals surface area (Å²) in [4.78, 5) is 3.89. The van der Waals surface area contributed by atoms with Gasteiger partial charge in [-0.1, -0.05) is 0 Å². The maximum atomic E-state index is 9.25. The van der Waals surface area contributed by atoms with Crippen molar-refractivity contribution in [2.45, 2.75) is 12.8 Å². The minimum Gasteiger partial charge on any atom is -0.476 e. The van der Waals surface area contributed by atoms with Gasteiger partial charge in [0.15, 0.2) is 0 Å². The third-order valence-electron chi connectivity index (χ3n) is 1.96. The highest BCUT2D eigenvalue weighted by Crippen LogP contribution is 2.29. The Balaban J connectivity index is 1.83. The van der Waals surface area contributed by atoms with Gasteiger partial charge in [0.05, 0.1) is 19.4 Å². The fraction of sp³-hybridized carbons (Fsp3) is 0.625. The fourth-order valence-electron chi connectivity index (χ4n) is 0.997. The number of aliphatic imine (C=N–C) groups is 1. The van der Waals surface area contributed by atoms with Gasteiger partial charge in [-0.25, -0.2) is 5.06 Å². The lowest BCUT2D eigenvalue weighted by Crippen LogP contribution is -2.25. The molecule has 0 aromatic carbocycles. The lowest BCUT2D eigenvalue weighted by Gasteiger charge is -2.20. The zero-order valence-electron chi connectivity index (χ0n) is 6.81. The average molecular weight is 168 g/mol. The zero-order chi connectivity index (χ0) is 8.39. The van der Waals surface area contributed by atoms with Gasteiger partial charge in [-0.3, -0.25) is 10.2 Å². The van der Waals surface area contributed by atoms with E-state index in [2.05, 4.69) is 4.99 Å². The van der Waals surface area contributed by atoms with Crippen LogP contribution < -0.4 is 0 Å². The first-order valence-electron chi connectivity index (χ1n) is 4.17. The van der Waals surface area contributed by atoms with Crippen molar-refractivity contribution < 1.29 is 9.94 Å². The Hall–Kier alpha value is -1.03. The lowest BCUT2D eigenvalue weighted by atomic mass is 10.5. The number of hydrogen-bond donors (Lipinski definition) is 1. The summed E-state index contributed by atoms with van der Waals surface area (Å²) < 4.78 is 5.34. The van der Waals surface area contributed by atoms with Gasteiger partial charge < -0.3 is 4.74 Å². The van der Waals surface area contributed by atoms with Gasteiger partial charge >= 0.3 is 0 Å². The number of hydrogen-bond acceptors (Lipinski definition) is 4. The molecule has 0 aromatic heterocycles. The molecule has 66 valence electrons. The SMILES string of the molecule is ON1CC=NC=C1OCC1CC1. The molecule has 0 atom stereocenters. The minimum atomic E-state index is 0.413. The smallest absolute Gasteiger partial charge is 0.232 e. The Kier molecular flexibility index (Phi) is 1.99. The highest BCUT2D eigenvalue weighted by Gasteiger charge is 2.23. The van der Waals surface area contributed by atoms with Crippen LogP contribution in [0, 0.1) is 5.92 Å². The first-order valence-corrected chi connectivity index (χ1v) is 4.17. The summed E-state index contributed by atoms with van der Waals surface area (Å²) in [7, 11) is 0. The summed E-state index contributed by atoms with van der Waals surface area (Å²) in [5.74, 6) is 1.16. The molecular formula is C8H12N2O2. The number of hydroxylamine groups is 2. The number of ether oxygens (including phenoxy) is 1. The van der Waals surface area contributed by atoms with Crippen LogP contribution in [0.4, 0.5) is 0 Å². The third kappa shape index (κ3) is 1.76. The van der Waals surface area contributed by atoms with Crippen LogP contribution in [0.2, 0.25) is 0 Å². The molecule has 2 aliphatic rings. The van der Waals surface area contributed by atoms with E-state index in [1.807, 2.05) is 0 Å². The number of rotatable bonds is 3. The largest absolute Gasteiger partial charge is 0.476 e. The Labute approximate surface area is 71.1 Å². The lowest BCUT2D eigenvalue weighted by molar-refractivity contribution is -0.0970. The standard InChI is InChI=1S/C8H12N2O2/c11-10-4-3-9-5-8(10)12-6-7-1-2-7/h3,5,7,11H,1-2,4,6H2. The second kappa shape index (κ2) is 3.15. The molecule has 0 aromatic rings. The molecule has 0 bridgehead atoms. The van der Waals surface area contributed by atoms with Gasteiger partial charge in [-0.2, -0.15) is 0 Å². The molecule has 0 amide bonds. The van der Waals surface area contributed by atoms with Crippen LogP contribution in [0.25, 0.3) is 0 Å². The molecule has 1 aliphatic carbocycles. The maximum absolute atomic E-state index is 9.25. The first kappa shape index (κ1) is 7.61. The Morgan fingerprint density at radius 3 is 3.17 bits per heavy atom. The van der Waals surface area contributed by atoms with Crippen molar-refractivity contribution in [2.75, 3.05) is 13.2 Å². The first-order chi connectivity index (χ1) is 5.86. The number of nitrogens with zero attached hydrogens (tertiary/aromatic N) is 2. The molecule has 4 heteroatoms. The molecule has 1 fully saturated rings. The van der Waals surface area contributed by atoms with Crippen LogP contribution >= 0.6 is 0 Å². The molecule has 0 unspecified atom stereocenters. The van der Waals surface area contributed by atoms with Crippen molar-refractivity contribution in [1.29, 1.82) is 0 Å². The molecule has 4 nitrogen and oxygen atoms in total. The molecule has 1 saturated carbocycles. The van der Waals surface area contributed by atoms with E-state index in [1.54, 1.807) is 6.21 Å². The van der Waals surface area contributed by atoms with Crippen LogP contribution in [0.1, 0.15) is 12.8 Å². The van der Waals surface area contributed by atoms with Gasteiger partial charge in [0, 0.05) is 6.21 Å². The minimum absolute atomic E-state index is 0.413. The van der Waals surface area contributed by atoms with Crippen LogP contribution in [-0.4, -0.2) is 29.6 Å². The van der Waals surface area contributed by atoms with Crippen LogP contribution in [0.5, 0.6) is 0 Å². The topological polar surface area (TPSA) is 45.1 Å². The van der Waals surface area contributed by atoms with Crippen molar-refractivity contribution in [3.05, 3.63) is 12.1 Å². The second-order valence-electron chi connectivity index (χ2n) is 3.14. The van der Waals surface area contributed by atoms with E-state index in [0.717, 1.165) is 5.06 Å². The van der Waals surface area contributed by atoms with Crippen LogP contribution in [0.15, 0.2) is 17.1 Å². The van der Waals surface area contributed by atoms with Crippen molar-refractivity contribution in [1.82, 2.24) is 5.06 Å². The molecule has 0 radical (unpaired) electrons. The molecule has 1 N–H and O–H groups in total. The van der Waals surface area contributed by atoms with E-state index in [-0.39, 0.29) is 0 Å². The predicted octanol–water partition coefficient (Wildman–Crippen LogP) is 0.988. The van der Waals surface area contributed by atoms with Crippen LogP contribution in [-0.2, 0) is 4.74 Å². The normalized spacial score (nSPS) is 22.4. The van der Waals surface area contributed by atoms with E-state index in [9.17, 15) is 5.21 Å². The maximum Gasteiger partial charge on any atom is 0.232 e. The Morgan fingerprint density at radius 1 is 1.67 bits per heavy atom. The Bertz CT molecular complexity index is 221. The fourth-order valence-corrected chi connectivity index (χ4v) is 0.997. The molecule has 0 saturated heterocycles. The second-order valence-corrected chi connectivity index (χ2v) is 3.14. The summed E-state index contributed by atoms with van der Waals surface area (Å²) >= 11 is 0. The van der Waals surface area contributed by atoms with Gasteiger partial charge in [0.1, 0.15) is 0 Å². The molecule has 2 rings (SSSR count). The molecular weight excluding hydrogens is 156 g/mol. The van der Waals surface area contributed by atoms with Gasteiger partial charge in [-0.05, 0) is 18.8 Å². The van der Waals surface area contributed by atoms with Crippen molar-refractivity contribution in [3.63, 3.8) is 0 Å². The zero-order valence-corrected chi connectivity index (χ0v) is 6.81. The van der Waals surface area contributed by atoms with E-state index in [4.69, 9.17) is 4.74 Å². The van der Waals surface area contributed by atoms with Crippen molar-refractivity contribution in [3.8, 4) is 0 Å². The molecule has 12 heavy (non-hydrogen) atoms. The van der Waals surface area contributed by atoms with Crippen molar-refractivity contribution >= 4 is 6.21 Å². The molecule has 1 aliphatic heterocycles. The summed E-state index contributed by atoms with van der Waals surface area (Å²) in [5.41, 5.74) is 0. The highest BCUT2D eigenvalue weighted by atomic mass is 16.6. The predicted molar refractivity (Wildman–Crippen MR) is 43.7 cm³/mol. The van der Waals surface area contributed by atoms with E-state index < -0.39 is 0 Å². The monoisotopic (exact) mass is 168 g/mol. The van der Waals surface area contributed by atoms with Crippen molar-refractivity contribution in [2.24, 2.45) is 10.9 Å². The van der Waals surface area contributed by atoms with E-state index >= 15 is 0 Å². The van der Waals surface area contributed by atoms with E-state index in [0.29, 0.717) is 25.0 Å². The third-order valence-corrected chi connectivity index (χ3v) is 1.96. The van der Waals surface area contributed by atoms with Gasteiger partial charge in [0.2, 0.25) is 5.88 Å². The van der Waals surface area contributed by atoms with Gasteiger partial charge in [-0.15, -0.1) is 0 Å². The summed E-state index contributed by atoms with van der Waals surface area (Å²) in [5, 5.41) is 10.3. The molecule has 0 spiro atoms. The average Bonchev–Trinajstić information content (AvgIpc) is 2.86.